The van der Waals surface area contributed by atoms with Crippen molar-refractivity contribution in [2.75, 3.05) is 13.1 Å². The number of fused-ring (bicyclic) bond motifs is 1. The zero-order valence-electron chi connectivity index (χ0n) is 9.68. The molecule has 2 N–H and O–H groups in total. The van der Waals surface area contributed by atoms with Crippen molar-refractivity contribution in [2.45, 2.75) is 25.8 Å². The number of likely N-dealkylation sites (tertiary alicyclic amines) is 1. The van der Waals surface area contributed by atoms with Gasteiger partial charge in [-0.25, -0.2) is 0 Å². The Labute approximate surface area is 99.0 Å². The molecule has 1 saturated heterocycles. The Balaban J connectivity index is 1.96. The van der Waals surface area contributed by atoms with Crippen molar-refractivity contribution < 1.29 is 19.5 Å². The lowest BCUT2D eigenvalue weighted by Gasteiger charge is -2.21. The Morgan fingerprint density at radius 1 is 1.47 bits per heavy atom. The van der Waals surface area contributed by atoms with Gasteiger partial charge in [0.25, 0.3) is 0 Å². The molecular weight excluding hydrogens is 224 g/mol. The maximum Gasteiger partial charge on any atom is 0.322 e. The summed E-state index contributed by atoms with van der Waals surface area (Å²) >= 11 is 0. The summed E-state index contributed by atoms with van der Waals surface area (Å²) in [6.07, 6.45) is 1.45. The molecular formula is C11H16N2O4. The van der Waals surface area contributed by atoms with E-state index in [1.54, 1.807) is 0 Å². The first-order chi connectivity index (χ1) is 8.06. The third-order valence-corrected chi connectivity index (χ3v) is 3.26. The highest BCUT2D eigenvalue weighted by molar-refractivity contribution is 6.09. The van der Waals surface area contributed by atoms with E-state index in [1.807, 2.05) is 6.92 Å². The van der Waals surface area contributed by atoms with Gasteiger partial charge in [0.1, 0.15) is 6.04 Å². The number of nitrogens with zero attached hydrogens (tertiary/aromatic N) is 1. The third kappa shape index (κ3) is 2.17. The maximum absolute atomic E-state index is 11.7. The van der Waals surface area contributed by atoms with Gasteiger partial charge in [0.05, 0.1) is 18.4 Å². The minimum Gasteiger partial charge on any atom is -0.480 e. The van der Waals surface area contributed by atoms with Gasteiger partial charge in [0, 0.05) is 0 Å². The van der Waals surface area contributed by atoms with Crippen LogP contribution in [0.25, 0.3) is 0 Å². The largest absolute Gasteiger partial charge is 0.480 e. The fourth-order valence-electron chi connectivity index (χ4n) is 2.16. The standard InChI is InChI=1S/C11H16N2O4/c1-2-3-12-8(11(16)17)5-13-9(14)6-4-7(6)10(13)15/h6-8,12H,2-5H2,1H3,(H,16,17). The van der Waals surface area contributed by atoms with Crippen LogP contribution in [0.2, 0.25) is 0 Å². The van der Waals surface area contributed by atoms with E-state index < -0.39 is 12.0 Å². The molecule has 2 aliphatic rings. The summed E-state index contributed by atoms with van der Waals surface area (Å²) in [5, 5.41) is 11.8. The number of nitrogens with one attached hydrogen (secondary N) is 1. The molecule has 6 heteroatoms. The smallest absolute Gasteiger partial charge is 0.322 e. The number of carbonyl (C=O) groups excluding carboxylic acids is 2. The van der Waals surface area contributed by atoms with Crippen molar-refractivity contribution >= 4 is 17.8 Å². The summed E-state index contributed by atoms with van der Waals surface area (Å²) in [4.78, 5) is 35.4. The summed E-state index contributed by atoms with van der Waals surface area (Å²) in [5.41, 5.74) is 0. The molecule has 1 heterocycles. The number of amides is 2. The highest BCUT2D eigenvalue weighted by atomic mass is 16.4. The first-order valence-corrected chi connectivity index (χ1v) is 5.87. The lowest BCUT2D eigenvalue weighted by Crippen LogP contribution is -2.49. The van der Waals surface area contributed by atoms with Crippen LogP contribution < -0.4 is 5.32 Å². The molecule has 0 aromatic carbocycles. The highest BCUT2D eigenvalue weighted by Crippen LogP contribution is 2.46. The van der Waals surface area contributed by atoms with E-state index in [2.05, 4.69) is 5.32 Å². The van der Waals surface area contributed by atoms with Gasteiger partial charge >= 0.3 is 5.97 Å². The van der Waals surface area contributed by atoms with Crippen LogP contribution in [0.15, 0.2) is 0 Å². The van der Waals surface area contributed by atoms with E-state index in [0.717, 1.165) is 11.3 Å². The Morgan fingerprint density at radius 2 is 2.06 bits per heavy atom. The molecule has 94 valence electrons. The molecule has 1 saturated carbocycles. The van der Waals surface area contributed by atoms with Gasteiger partial charge < -0.3 is 10.4 Å². The average molecular weight is 240 g/mol. The third-order valence-electron chi connectivity index (χ3n) is 3.26. The maximum atomic E-state index is 11.7. The number of imide groups is 1. The van der Waals surface area contributed by atoms with Crippen molar-refractivity contribution in [1.29, 1.82) is 0 Å². The van der Waals surface area contributed by atoms with Crippen LogP contribution in [0.1, 0.15) is 19.8 Å². The van der Waals surface area contributed by atoms with Crippen molar-refractivity contribution in [3.8, 4) is 0 Å². The molecule has 0 spiro atoms. The van der Waals surface area contributed by atoms with Gasteiger partial charge in [-0.1, -0.05) is 6.92 Å². The van der Waals surface area contributed by atoms with Crippen LogP contribution in [-0.4, -0.2) is 46.9 Å². The predicted octanol–water partition coefficient (Wildman–Crippen LogP) is -0.556. The van der Waals surface area contributed by atoms with Crippen molar-refractivity contribution in [3.63, 3.8) is 0 Å². The van der Waals surface area contributed by atoms with E-state index in [0.29, 0.717) is 13.0 Å². The normalized spacial score (nSPS) is 28.2. The number of hydrogen-bond acceptors (Lipinski definition) is 4. The van der Waals surface area contributed by atoms with Gasteiger partial charge in [-0.05, 0) is 19.4 Å². The average Bonchev–Trinajstić information content (AvgIpc) is 3.03. The number of carbonyl (C=O) groups is 3. The van der Waals surface area contributed by atoms with Gasteiger partial charge in [-0.3, -0.25) is 19.3 Å². The fraction of sp³-hybridized carbons (Fsp3) is 0.727. The van der Waals surface area contributed by atoms with Gasteiger partial charge in [-0.15, -0.1) is 0 Å². The lowest BCUT2D eigenvalue weighted by atomic mass is 10.2. The summed E-state index contributed by atoms with van der Waals surface area (Å²) in [6, 6.07) is -0.861. The van der Waals surface area contributed by atoms with Gasteiger partial charge in [0.15, 0.2) is 0 Å². The fourth-order valence-corrected chi connectivity index (χ4v) is 2.16. The molecule has 0 bridgehead atoms. The minimum absolute atomic E-state index is 0.0556. The number of rotatable bonds is 6. The second-order valence-corrected chi connectivity index (χ2v) is 4.58. The summed E-state index contributed by atoms with van der Waals surface area (Å²) in [6.45, 7) is 2.42. The summed E-state index contributed by atoms with van der Waals surface area (Å²) in [5.74, 6) is -1.76. The molecule has 3 atom stereocenters. The number of piperidine rings is 1. The van der Waals surface area contributed by atoms with E-state index in [4.69, 9.17) is 5.11 Å². The van der Waals surface area contributed by atoms with Crippen LogP contribution in [-0.2, 0) is 14.4 Å². The van der Waals surface area contributed by atoms with Crippen LogP contribution in [0.5, 0.6) is 0 Å². The molecule has 2 amide bonds. The SMILES string of the molecule is CCCNC(CN1C(=O)C2CC2C1=O)C(=O)O. The van der Waals surface area contributed by atoms with Crippen molar-refractivity contribution in [3.05, 3.63) is 0 Å². The van der Waals surface area contributed by atoms with Crippen molar-refractivity contribution in [2.24, 2.45) is 11.8 Å². The number of aliphatic carboxylic acids is 1. The Hall–Kier alpha value is -1.43. The molecule has 0 radical (unpaired) electrons. The first-order valence-electron chi connectivity index (χ1n) is 5.87. The van der Waals surface area contributed by atoms with E-state index >= 15 is 0 Å². The Bertz CT molecular complexity index is 348. The first kappa shape index (κ1) is 12.0. The molecule has 17 heavy (non-hydrogen) atoms. The van der Waals surface area contributed by atoms with Crippen LogP contribution >= 0.6 is 0 Å². The molecule has 0 aromatic rings. The second kappa shape index (κ2) is 4.44. The van der Waals surface area contributed by atoms with Crippen LogP contribution in [0.4, 0.5) is 0 Å². The van der Waals surface area contributed by atoms with Crippen LogP contribution in [0, 0.1) is 11.8 Å². The predicted molar refractivity (Wildman–Crippen MR) is 58.0 cm³/mol. The molecule has 1 aliphatic carbocycles. The lowest BCUT2D eigenvalue weighted by molar-refractivity contribution is -0.144. The Kier molecular flexibility index (Phi) is 3.15. The highest BCUT2D eigenvalue weighted by Gasteiger charge is 2.59. The molecule has 6 nitrogen and oxygen atoms in total. The number of carboxylic acid groups (broad SMARTS) is 1. The van der Waals surface area contributed by atoms with E-state index in [-0.39, 0.29) is 30.2 Å². The molecule has 0 aromatic heterocycles. The molecule has 2 rings (SSSR count). The van der Waals surface area contributed by atoms with Gasteiger partial charge in [0.2, 0.25) is 11.8 Å². The second-order valence-electron chi connectivity index (χ2n) is 4.58. The monoisotopic (exact) mass is 240 g/mol. The number of hydrogen-bond donors (Lipinski definition) is 2. The molecule has 1 aliphatic heterocycles. The molecule has 3 unspecified atom stereocenters. The minimum atomic E-state index is -1.03. The van der Waals surface area contributed by atoms with E-state index in [9.17, 15) is 14.4 Å². The topological polar surface area (TPSA) is 86.7 Å². The van der Waals surface area contributed by atoms with Crippen LogP contribution in [0.3, 0.4) is 0 Å². The zero-order valence-corrected chi connectivity index (χ0v) is 9.68. The molecule has 2 fully saturated rings. The Morgan fingerprint density at radius 3 is 2.53 bits per heavy atom. The quantitative estimate of drug-likeness (QED) is 0.608. The van der Waals surface area contributed by atoms with Crippen molar-refractivity contribution in [1.82, 2.24) is 10.2 Å². The zero-order chi connectivity index (χ0) is 12.6. The summed E-state index contributed by atoms with van der Waals surface area (Å²) < 4.78 is 0. The summed E-state index contributed by atoms with van der Waals surface area (Å²) in [7, 11) is 0. The van der Waals surface area contributed by atoms with Gasteiger partial charge in [-0.2, -0.15) is 0 Å². The number of carboxylic acids is 1. The van der Waals surface area contributed by atoms with E-state index in [1.165, 1.54) is 0 Å².